The molecule has 0 amide bonds. The van der Waals surface area contributed by atoms with Crippen molar-refractivity contribution in [2.75, 3.05) is 6.61 Å². The van der Waals surface area contributed by atoms with Crippen LogP contribution >= 0.6 is 0 Å². The number of allylic oxidation sites excluding steroid dienone is 3. The summed E-state index contributed by atoms with van der Waals surface area (Å²) in [5, 5.41) is 0. The number of rotatable bonds is 9. The quantitative estimate of drug-likeness (QED) is 0.257. The van der Waals surface area contributed by atoms with Crippen molar-refractivity contribution in [1.29, 1.82) is 0 Å². The number of unbranched alkanes of at least 4 members (excludes halogenated alkanes) is 3. The summed E-state index contributed by atoms with van der Waals surface area (Å²) < 4.78 is 4.96. The van der Waals surface area contributed by atoms with Gasteiger partial charge in [-0.25, -0.2) is 4.79 Å². The topological polar surface area (TPSA) is 26.3 Å². The minimum absolute atomic E-state index is 0.296. The van der Waals surface area contributed by atoms with Crippen LogP contribution in [0.2, 0.25) is 0 Å². The lowest BCUT2D eigenvalue weighted by Gasteiger charge is -2.01. The average Bonchev–Trinajstić information content (AvgIpc) is 2.26. The van der Waals surface area contributed by atoms with Crippen molar-refractivity contribution < 1.29 is 9.53 Å². The first-order chi connectivity index (χ1) is 7.68. The predicted octanol–water partition coefficient (Wildman–Crippen LogP) is 3.80. The van der Waals surface area contributed by atoms with E-state index >= 15 is 0 Å². The van der Waals surface area contributed by atoms with E-state index in [9.17, 15) is 4.79 Å². The zero-order valence-electron chi connectivity index (χ0n) is 10.2. The van der Waals surface area contributed by atoms with Crippen LogP contribution in [0.15, 0.2) is 37.0 Å². The van der Waals surface area contributed by atoms with E-state index in [-0.39, 0.29) is 5.97 Å². The molecule has 0 radical (unpaired) electrons. The van der Waals surface area contributed by atoms with E-state index in [4.69, 9.17) is 4.74 Å². The molecule has 0 aromatic heterocycles. The van der Waals surface area contributed by atoms with Crippen LogP contribution in [-0.2, 0) is 9.53 Å². The van der Waals surface area contributed by atoms with Gasteiger partial charge in [-0.2, -0.15) is 0 Å². The van der Waals surface area contributed by atoms with Crippen LogP contribution in [0, 0.1) is 0 Å². The zero-order chi connectivity index (χ0) is 12.2. The van der Waals surface area contributed by atoms with Gasteiger partial charge in [0.2, 0.25) is 0 Å². The maximum Gasteiger partial charge on any atom is 0.333 e. The fraction of sp³-hybridized carbons (Fsp3) is 0.500. The molecule has 0 aromatic rings. The highest BCUT2D eigenvalue weighted by molar-refractivity contribution is 5.86. The van der Waals surface area contributed by atoms with Gasteiger partial charge in [0.15, 0.2) is 0 Å². The Morgan fingerprint density at radius 2 is 1.81 bits per heavy atom. The van der Waals surface area contributed by atoms with Crippen molar-refractivity contribution in [2.45, 2.75) is 39.0 Å². The SMILES string of the molecule is C=CCCCC=CCCCOC(=O)C(=C)C. The first-order valence-electron chi connectivity index (χ1n) is 5.77. The van der Waals surface area contributed by atoms with Crippen LogP contribution in [0.3, 0.4) is 0 Å². The Balaban J connectivity index is 3.29. The summed E-state index contributed by atoms with van der Waals surface area (Å²) in [6.07, 6.45) is 11.4. The Kier molecular flexibility index (Phi) is 9.38. The lowest BCUT2D eigenvalue weighted by Crippen LogP contribution is -2.05. The van der Waals surface area contributed by atoms with Gasteiger partial charge in [-0.05, 0) is 39.0 Å². The second kappa shape index (κ2) is 10.2. The lowest BCUT2D eigenvalue weighted by atomic mass is 10.2. The van der Waals surface area contributed by atoms with Gasteiger partial charge in [-0.1, -0.05) is 24.8 Å². The molecule has 0 atom stereocenters. The van der Waals surface area contributed by atoms with Crippen LogP contribution in [0.5, 0.6) is 0 Å². The third-order valence-corrected chi connectivity index (χ3v) is 2.04. The number of ether oxygens (including phenoxy) is 1. The van der Waals surface area contributed by atoms with Gasteiger partial charge in [0, 0.05) is 5.57 Å². The summed E-state index contributed by atoms with van der Waals surface area (Å²) in [5.74, 6) is -0.296. The first kappa shape index (κ1) is 14.7. The van der Waals surface area contributed by atoms with E-state index in [1.54, 1.807) is 6.92 Å². The summed E-state index contributed by atoms with van der Waals surface area (Å²) in [6.45, 7) is 9.31. The second-order valence-corrected chi connectivity index (χ2v) is 3.75. The molecule has 0 fully saturated rings. The highest BCUT2D eigenvalue weighted by Gasteiger charge is 2.00. The fourth-order valence-corrected chi connectivity index (χ4v) is 1.10. The van der Waals surface area contributed by atoms with Gasteiger partial charge in [-0.3, -0.25) is 0 Å². The molecule has 0 spiro atoms. The Bertz CT molecular complexity index is 251. The third kappa shape index (κ3) is 9.25. The molecule has 0 aliphatic carbocycles. The first-order valence-corrected chi connectivity index (χ1v) is 5.77. The largest absolute Gasteiger partial charge is 0.462 e. The number of carbonyl (C=O) groups is 1. The molecule has 0 unspecified atom stereocenters. The maximum absolute atomic E-state index is 11.0. The Labute approximate surface area is 98.7 Å². The third-order valence-electron chi connectivity index (χ3n) is 2.04. The lowest BCUT2D eigenvalue weighted by molar-refractivity contribution is -0.139. The Hall–Kier alpha value is -1.31. The number of carbonyl (C=O) groups excluding carboxylic acids is 1. The normalized spacial score (nSPS) is 10.3. The monoisotopic (exact) mass is 222 g/mol. The number of hydrogen-bond donors (Lipinski definition) is 0. The molecular weight excluding hydrogens is 200 g/mol. The van der Waals surface area contributed by atoms with Gasteiger partial charge >= 0.3 is 5.97 Å². The molecule has 0 saturated heterocycles. The van der Waals surface area contributed by atoms with Crippen LogP contribution in [0.4, 0.5) is 0 Å². The second-order valence-electron chi connectivity index (χ2n) is 3.75. The van der Waals surface area contributed by atoms with Crippen LogP contribution in [0.1, 0.15) is 39.0 Å². The summed E-state index contributed by atoms with van der Waals surface area (Å²) in [4.78, 5) is 11.0. The highest BCUT2D eigenvalue weighted by Crippen LogP contribution is 2.00. The molecule has 0 rings (SSSR count). The number of esters is 1. The van der Waals surface area contributed by atoms with E-state index in [2.05, 4.69) is 25.3 Å². The van der Waals surface area contributed by atoms with E-state index in [1.165, 1.54) is 0 Å². The Morgan fingerprint density at radius 3 is 2.38 bits per heavy atom. The molecule has 0 bridgehead atoms. The van der Waals surface area contributed by atoms with Gasteiger partial charge < -0.3 is 4.74 Å². The van der Waals surface area contributed by atoms with Gasteiger partial charge in [0.1, 0.15) is 0 Å². The van der Waals surface area contributed by atoms with Crippen molar-refractivity contribution >= 4 is 5.97 Å². The minimum atomic E-state index is -0.296. The standard InChI is InChI=1S/C14H22O2/c1-4-5-6-7-8-9-10-11-12-16-14(15)13(2)3/h4,8-9H,1-2,5-7,10-12H2,3H3. The van der Waals surface area contributed by atoms with E-state index in [0.717, 1.165) is 32.1 Å². The molecular formula is C14H22O2. The van der Waals surface area contributed by atoms with Gasteiger partial charge in [0.05, 0.1) is 6.61 Å². The van der Waals surface area contributed by atoms with Crippen LogP contribution < -0.4 is 0 Å². The summed E-state index contributed by atoms with van der Waals surface area (Å²) in [7, 11) is 0. The molecule has 2 heteroatoms. The molecule has 0 aliphatic heterocycles. The molecule has 0 saturated carbocycles. The van der Waals surface area contributed by atoms with Crippen molar-refractivity contribution in [1.82, 2.24) is 0 Å². The van der Waals surface area contributed by atoms with Crippen molar-refractivity contribution in [3.05, 3.63) is 37.0 Å². The average molecular weight is 222 g/mol. The molecule has 16 heavy (non-hydrogen) atoms. The molecule has 0 heterocycles. The smallest absolute Gasteiger partial charge is 0.333 e. The summed E-state index contributed by atoms with van der Waals surface area (Å²) in [6, 6.07) is 0. The number of hydrogen-bond acceptors (Lipinski definition) is 2. The molecule has 0 aromatic carbocycles. The molecule has 90 valence electrons. The van der Waals surface area contributed by atoms with Gasteiger partial charge in [0.25, 0.3) is 0 Å². The predicted molar refractivity (Wildman–Crippen MR) is 68.2 cm³/mol. The fourth-order valence-electron chi connectivity index (χ4n) is 1.10. The van der Waals surface area contributed by atoms with E-state index in [1.807, 2.05) is 6.08 Å². The van der Waals surface area contributed by atoms with Crippen LogP contribution in [0.25, 0.3) is 0 Å². The maximum atomic E-state index is 11.0. The van der Waals surface area contributed by atoms with Crippen LogP contribution in [-0.4, -0.2) is 12.6 Å². The summed E-state index contributed by atoms with van der Waals surface area (Å²) >= 11 is 0. The zero-order valence-corrected chi connectivity index (χ0v) is 10.2. The Morgan fingerprint density at radius 1 is 1.19 bits per heavy atom. The molecule has 2 nitrogen and oxygen atoms in total. The van der Waals surface area contributed by atoms with Crippen molar-refractivity contribution in [3.63, 3.8) is 0 Å². The van der Waals surface area contributed by atoms with Crippen molar-refractivity contribution in [3.8, 4) is 0 Å². The van der Waals surface area contributed by atoms with Crippen molar-refractivity contribution in [2.24, 2.45) is 0 Å². The highest BCUT2D eigenvalue weighted by atomic mass is 16.5. The molecule has 0 N–H and O–H groups in total. The molecule has 0 aliphatic rings. The summed E-state index contributed by atoms with van der Waals surface area (Å²) in [5.41, 5.74) is 0.458. The van der Waals surface area contributed by atoms with Gasteiger partial charge in [-0.15, -0.1) is 6.58 Å². The minimum Gasteiger partial charge on any atom is -0.462 e. The van der Waals surface area contributed by atoms with E-state index < -0.39 is 0 Å². The van der Waals surface area contributed by atoms with E-state index in [0.29, 0.717) is 12.2 Å².